The van der Waals surface area contributed by atoms with Gasteiger partial charge in [-0.2, -0.15) is 0 Å². The SMILES string of the molecule is NNC(=O)CCCN1CCCC1CO. The molecule has 1 saturated heterocycles. The van der Waals surface area contributed by atoms with Gasteiger partial charge >= 0.3 is 0 Å². The van der Waals surface area contributed by atoms with E-state index < -0.39 is 0 Å². The molecule has 1 aliphatic rings. The number of hydrogen-bond acceptors (Lipinski definition) is 4. The smallest absolute Gasteiger partial charge is 0.233 e. The van der Waals surface area contributed by atoms with Gasteiger partial charge in [-0.05, 0) is 32.4 Å². The lowest BCUT2D eigenvalue weighted by atomic mass is 10.2. The zero-order valence-electron chi connectivity index (χ0n) is 8.41. The Balaban J connectivity index is 2.14. The highest BCUT2D eigenvalue weighted by atomic mass is 16.3. The van der Waals surface area contributed by atoms with Crippen LogP contribution in [0.25, 0.3) is 0 Å². The second-order valence-corrected chi connectivity index (χ2v) is 3.69. The lowest BCUT2D eigenvalue weighted by molar-refractivity contribution is -0.121. The average molecular weight is 201 g/mol. The summed E-state index contributed by atoms with van der Waals surface area (Å²) in [5, 5.41) is 9.05. The number of hydrazine groups is 1. The number of rotatable bonds is 5. The van der Waals surface area contributed by atoms with E-state index in [0.29, 0.717) is 12.5 Å². The van der Waals surface area contributed by atoms with Crippen molar-refractivity contribution in [3.63, 3.8) is 0 Å². The molecule has 1 heterocycles. The molecule has 0 aliphatic carbocycles. The van der Waals surface area contributed by atoms with Crippen LogP contribution in [0, 0.1) is 0 Å². The first-order valence-corrected chi connectivity index (χ1v) is 5.12. The van der Waals surface area contributed by atoms with Gasteiger partial charge in [-0.25, -0.2) is 5.84 Å². The molecule has 0 aromatic carbocycles. The Morgan fingerprint density at radius 2 is 2.43 bits per heavy atom. The lowest BCUT2D eigenvalue weighted by Crippen LogP contribution is -2.34. The first-order chi connectivity index (χ1) is 6.77. The Labute approximate surface area is 84.2 Å². The van der Waals surface area contributed by atoms with Crippen molar-refractivity contribution in [3.05, 3.63) is 0 Å². The van der Waals surface area contributed by atoms with Gasteiger partial charge in [0, 0.05) is 12.5 Å². The predicted molar refractivity (Wildman–Crippen MR) is 53.2 cm³/mol. The number of aliphatic hydroxyl groups excluding tert-OH is 1. The summed E-state index contributed by atoms with van der Waals surface area (Å²) >= 11 is 0. The number of amides is 1. The van der Waals surface area contributed by atoms with Gasteiger partial charge in [0.2, 0.25) is 5.91 Å². The Hall–Kier alpha value is -0.650. The summed E-state index contributed by atoms with van der Waals surface area (Å²) < 4.78 is 0. The first-order valence-electron chi connectivity index (χ1n) is 5.12. The summed E-state index contributed by atoms with van der Waals surface area (Å²) in [6, 6.07) is 0.302. The highest BCUT2D eigenvalue weighted by molar-refractivity contribution is 5.75. The van der Waals surface area contributed by atoms with E-state index in [1.54, 1.807) is 0 Å². The Kier molecular flexibility index (Phi) is 4.86. The van der Waals surface area contributed by atoms with E-state index in [4.69, 9.17) is 10.9 Å². The number of nitrogens with two attached hydrogens (primary N) is 1. The maximum absolute atomic E-state index is 10.8. The van der Waals surface area contributed by atoms with Crippen molar-refractivity contribution in [1.82, 2.24) is 10.3 Å². The molecule has 5 nitrogen and oxygen atoms in total. The highest BCUT2D eigenvalue weighted by Gasteiger charge is 2.22. The second kappa shape index (κ2) is 5.95. The van der Waals surface area contributed by atoms with Crippen LogP contribution in [0.4, 0.5) is 0 Å². The van der Waals surface area contributed by atoms with E-state index in [-0.39, 0.29) is 12.5 Å². The molecule has 4 N–H and O–H groups in total. The van der Waals surface area contributed by atoms with Crippen molar-refractivity contribution in [2.24, 2.45) is 5.84 Å². The van der Waals surface area contributed by atoms with Crippen LogP contribution in [0.3, 0.4) is 0 Å². The van der Waals surface area contributed by atoms with Gasteiger partial charge in [0.05, 0.1) is 6.61 Å². The molecule has 5 heteroatoms. The summed E-state index contributed by atoms with van der Waals surface area (Å²) in [7, 11) is 0. The minimum absolute atomic E-state index is 0.121. The summed E-state index contributed by atoms with van der Waals surface area (Å²) in [5.74, 6) is 4.85. The molecule has 14 heavy (non-hydrogen) atoms. The van der Waals surface area contributed by atoms with Crippen molar-refractivity contribution in [2.75, 3.05) is 19.7 Å². The molecule has 1 rings (SSSR count). The van der Waals surface area contributed by atoms with Crippen LogP contribution in [-0.4, -0.2) is 41.7 Å². The number of nitrogens with one attached hydrogen (secondary N) is 1. The normalized spacial score (nSPS) is 22.6. The van der Waals surface area contributed by atoms with Gasteiger partial charge in [0.1, 0.15) is 0 Å². The van der Waals surface area contributed by atoms with Crippen molar-refractivity contribution in [2.45, 2.75) is 31.7 Å². The fraction of sp³-hybridized carbons (Fsp3) is 0.889. The molecule has 0 spiro atoms. The van der Waals surface area contributed by atoms with E-state index in [1.165, 1.54) is 0 Å². The number of nitrogens with zero attached hydrogens (tertiary/aromatic N) is 1. The molecule has 0 saturated carbocycles. The molecule has 1 unspecified atom stereocenters. The van der Waals surface area contributed by atoms with Gasteiger partial charge in [-0.15, -0.1) is 0 Å². The fourth-order valence-electron chi connectivity index (χ4n) is 1.91. The first kappa shape index (κ1) is 11.4. The third-order valence-corrected chi connectivity index (χ3v) is 2.72. The number of carbonyl (C=O) groups is 1. The van der Waals surface area contributed by atoms with E-state index in [0.717, 1.165) is 32.4 Å². The zero-order chi connectivity index (χ0) is 10.4. The Bertz CT molecular complexity index is 187. The molecular weight excluding hydrogens is 182 g/mol. The van der Waals surface area contributed by atoms with Crippen molar-refractivity contribution >= 4 is 5.91 Å². The fourth-order valence-corrected chi connectivity index (χ4v) is 1.91. The van der Waals surface area contributed by atoms with Crippen LogP contribution < -0.4 is 11.3 Å². The third-order valence-electron chi connectivity index (χ3n) is 2.72. The van der Waals surface area contributed by atoms with Gasteiger partial charge in [0.15, 0.2) is 0 Å². The molecule has 0 bridgehead atoms. The Morgan fingerprint density at radius 3 is 3.07 bits per heavy atom. The van der Waals surface area contributed by atoms with E-state index in [2.05, 4.69) is 10.3 Å². The van der Waals surface area contributed by atoms with Crippen LogP contribution in [0.2, 0.25) is 0 Å². The molecular formula is C9H19N3O2. The van der Waals surface area contributed by atoms with Crippen molar-refractivity contribution in [3.8, 4) is 0 Å². The molecule has 1 aliphatic heterocycles. The topological polar surface area (TPSA) is 78.6 Å². The van der Waals surface area contributed by atoms with E-state index in [1.807, 2.05) is 0 Å². The summed E-state index contributed by atoms with van der Waals surface area (Å²) in [4.78, 5) is 13.1. The molecule has 82 valence electrons. The average Bonchev–Trinajstić information content (AvgIpc) is 2.65. The van der Waals surface area contributed by atoms with Crippen LogP contribution in [0.5, 0.6) is 0 Å². The molecule has 1 atom stereocenters. The second-order valence-electron chi connectivity index (χ2n) is 3.69. The molecule has 0 radical (unpaired) electrons. The van der Waals surface area contributed by atoms with Crippen LogP contribution in [0.15, 0.2) is 0 Å². The highest BCUT2D eigenvalue weighted by Crippen LogP contribution is 2.16. The van der Waals surface area contributed by atoms with Crippen molar-refractivity contribution < 1.29 is 9.90 Å². The van der Waals surface area contributed by atoms with E-state index in [9.17, 15) is 4.79 Å². The number of hydrogen-bond donors (Lipinski definition) is 3. The van der Waals surface area contributed by atoms with Crippen LogP contribution in [0.1, 0.15) is 25.7 Å². The molecule has 0 aromatic rings. The minimum Gasteiger partial charge on any atom is -0.395 e. The molecule has 0 aromatic heterocycles. The van der Waals surface area contributed by atoms with Gasteiger partial charge in [-0.1, -0.05) is 0 Å². The number of aliphatic hydroxyl groups is 1. The maximum Gasteiger partial charge on any atom is 0.233 e. The zero-order valence-corrected chi connectivity index (χ0v) is 8.41. The maximum atomic E-state index is 10.8. The predicted octanol–water partition coefficient (Wildman–Crippen LogP) is -0.787. The largest absolute Gasteiger partial charge is 0.395 e. The summed E-state index contributed by atoms with van der Waals surface area (Å²) in [6.45, 7) is 2.14. The van der Waals surface area contributed by atoms with Crippen LogP contribution >= 0.6 is 0 Å². The number of carbonyl (C=O) groups excluding carboxylic acids is 1. The third kappa shape index (κ3) is 3.25. The molecule has 1 fully saturated rings. The van der Waals surface area contributed by atoms with Crippen LogP contribution in [-0.2, 0) is 4.79 Å². The van der Waals surface area contributed by atoms with E-state index >= 15 is 0 Å². The minimum atomic E-state index is -0.121. The lowest BCUT2D eigenvalue weighted by Gasteiger charge is -2.22. The quantitative estimate of drug-likeness (QED) is 0.309. The standard InChI is InChI=1S/C9H19N3O2/c10-11-9(14)4-2-6-12-5-1-3-8(12)7-13/h8,13H,1-7,10H2,(H,11,14). The summed E-state index contributed by atoms with van der Waals surface area (Å²) in [6.07, 6.45) is 3.48. The van der Waals surface area contributed by atoms with Gasteiger partial charge in [0.25, 0.3) is 0 Å². The monoisotopic (exact) mass is 201 g/mol. The van der Waals surface area contributed by atoms with Gasteiger partial charge < -0.3 is 5.11 Å². The summed E-state index contributed by atoms with van der Waals surface area (Å²) in [5.41, 5.74) is 2.11. The molecule has 1 amide bonds. The van der Waals surface area contributed by atoms with Gasteiger partial charge in [-0.3, -0.25) is 15.1 Å². The van der Waals surface area contributed by atoms with Crippen molar-refractivity contribution in [1.29, 1.82) is 0 Å². The Morgan fingerprint density at radius 1 is 1.64 bits per heavy atom. The number of likely N-dealkylation sites (tertiary alicyclic amines) is 1.